The molecule has 120 valence electrons. The Morgan fingerprint density at radius 1 is 1.39 bits per heavy atom. The fourth-order valence-corrected chi connectivity index (χ4v) is 2.46. The Labute approximate surface area is 137 Å². The Hall–Kier alpha value is -2.54. The van der Waals surface area contributed by atoms with Crippen LogP contribution in [0.5, 0.6) is 11.6 Å². The van der Waals surface area contributed by atoms with E-state index in [1.54, 1.807) is 12.1 Å². The fraction of sp³-hybridized carbons (Fsp3) is 0.267. The first kappa shape index (κ1) is 15.4. The van der Waals surface area contributed by atoms with Gasteiger partial charge in [0.15, 0.2) is 0 Å². The summed E-state index contributed by atoms with van der Waals surface area (Å²) in [6.07, 6.45) is 1.24. The van der Waals surface area contributed by atoms with Gasteiger partial charge in [-0.15, -0.1) is 0 Å². The molecule has 1 aliphatic heterocycles. The second kappa shape index (κ2) is 6.70. The van der Waals surface area contributed by atoms with E-state index in [1.165, 1.54) is 11.1 Å². The molecular formula is C15H15ClN4O3. The lowest BCUT2D eigenvalue weighted by Gasteiger charge is -2.14. The first-order valence-electron chi connectivity index (χ1n) is 7.11. The van der Waals surface area contributed by atoms with Gasteiger partial charge in [-0.05, 0) is 18.6 Å². The minimum Gasteiger partial charge on any atom is -0.465 e. The maximum Gasteiger partial charge on any atom is 0.407 e. The van der Waals surface area contributed by atoms with Gasteiger partial charge >= 0.3 is 6.09 Å². The first-order chi connectivity index (χ1) is 11.1. The van der Waals surface area contributed by atoms with E-state index in [9.17, 15) is 4.79 Å². The van der Waals surface area contributed by atoms with Crippen molar-refractivity contribution >= 4 is 23.6 Å². The van der Waals surface area contributed by atoms with Crippen molar-refractivity contribution in [1.29, 1.82) is 0 Å². The summed E-state index contributed by atoms with van der Waals surface area (Å²) in [6.45, 7) is 0.893. The van der Waals surface area contributed by atoms with Gasteiger partial charge in [-0.25, -0.2) is 9.78 Å². The van der Waals surface area contributed by atoms with Crippen LogP contribution in [0.4, 0.5) is 10.7 Å². The number of nitrogens with one attached hydrogen (secondary N) is 1. The molecule has 1 amide bonds. The minimum absolute atomic E-state index is 0.0307. The highest BCUT2D eigenvalue weighted by atomic mass is 35.5. The second-order valence-corrected chi connectivity index (χ2v) is 5.53. The summed E-state index contributed by atoms with van der Waals surface area (Å²) < 4.78 is 5.65. The number of ether oxygens (including phenoxy) is 1. The Kier molecular flexibility index (Phi) is 4.47. The van der Waals surface area contributed by atoms with Crippen LogP contribution in [0.25, 0.3) is 0 Å². The number of halogens is 1. The average Bonchev–Trinajstić information content (AvgIpc) is 3.00. The highest BCUT2D eigenvalue weighted by Crippen LogP contribution is 2.27. The van der Waals surface area contributed by atoms with Crippen LogP contribution in [-0.2, 0) is 0 Å². The van der Waals surface area contributed by atoms with Gasteiger partial charge in [0.2, 0.25) is 11.8 Å². The number of nitrogens with zero attached hydrogens (tertiary/aromatic N) is 3. The van der Waals surface area contributed by atoms with E-state index in [0.29, 0.717) is 36.2 Å². The second-order valence-electron chi connectivity index (χ2n) is 5.12. The summed E-state index contributed by atoms with van der Waals surface area (Å²) in [5.41, 5.74) is 0. The zero-order chi connectivity index (χ0) is 16.2. The van der Waals surface area contributed by atoms with Gasteiger partial charge < -0.3 is 20.1 Å². The number of carbonyl (C=O) groups is 1. The number of aromatic nitrogens is 2. The molecule has 1 aromatic heterocycles. The molecule has 7 nitrogen and oxygen atoms in total. The number of para-hydroxylation sites is 1. The highest BCUT2D eigenvalue weighted by molar-refractivity contribution is 6.31. The zero-order valence-electron chi connectivity index (χ0n) is 12.1. The van der Waals surface area contributed by atoms with Gasteiger partial charge in [0, 0.05) is 19.1 Å². The lowest BCUT2D eigenvalue weighted by atomic mass is 10.3. The number of hydrogen-bond acceptors (Lipinski definition) is 5. The molecule has 1 fully saturated rings. The van der Waals surface area contributed by atoms with Gasteiger partial charge in [0.1, 0.15) is 10.8 Å². The van der Waals surface area contributed by atoms with Crippen molar-refractivity contribution in [1.82, 2.24) is 14.9 Å². The molecule has 8 heteroatoms. The standard InChI is InChI=1S/C15H15ClN4O3/c16-12-8-17-14(18-10-6-7-20(9-10)15(21)22)19-13(12)23-11-4-2-1-3-5-11/h1-5,8,10H,6-7,9H2,(H,21,22)(H,17,18,19). The predicted molar refractivity (Wildman–Crippen MR) is 85.2 cm³/mol. The van der Waals surface area contributed by atoms with Crippen LogP contribution in [0.1, 0.15) is 6.42 Å². The Bertz CT molecular complexity index is 698. The van der Waals surface area contributed by atoms with E-state index in [-0.39, 0.29) is 11.9 Å². The van der Waals surface area contributed by atoms with Crippen molar-refractivity contribution in [2.75, 3.05) is 18.4 Å². The van der Waals surface area contributed by atoms with Crippen LogP contribution in [-0.4, -0.2) is 45.2 Å². The number of carboxylic acid groups (broad SMARTS) is 1. The highest BCUT2D eigenvalue weighted by Gasteiger charge is 2.26. The predicted octanol–water partition coefficient (Wildman–Crippen LogP) is 3.09. The van der Waals surface area contributed by atoms with E-state index in [4.69, 9.17) is 21.4 Å². The smallest absolute Gasteiger partial charge is 0.407 e. The van der Waals surface area contributed by atoms with Crippen molar-refractivity contribution in [3.05, 3.63) is 41.6 Å². The Morgan fingerprint density at radius 2 is 2.17 bits per heavy atom. The zero-order valence-corrected chi connectivity index (χ0v) is 12.9. The van der Waals surface area contributed by atoms with E-state index in [2.05, 4.69) is 15.3 Å². The molecule has 2 heterocycles. The Morgan fingerprint density at radius 3 is 2.87 bits per heavy atom. The summed E-state index contributed by atoms with van der Waals surface area (Å²) in [5.74, 6) is 1.23. The molecule has 0 aliphatic carbocycles. The number of hydrogen-bond donors (Lipinski definition) is 2. The summed E-state index contributed by atoms with van der Waals surface area (Å²) >= 11 is 6.06. The normalized spacial score (nSPS) is 17.1. The molecule has 1 atom stereocenters. The molecule has 2 aromatic rings. The fourth-order valence-electron chi connectivity index (χ4n) is 2.33. The largest absolute Gasteiger partial charge is 0.465 e. The lowest BCUT2D eigenvalue weighted by Crippen LogP contribution is -2.30. The van der Waals surface area contributed by atoms with Gasteiger partial charge in [-0.3, -0.25) is 0 Å². The van der Waals surface area contributed by atoms with Crippen molar-refractivity contribution in [2.45, 2.75) is 12.5 Å². The minimum atomic E-state index is -0.917. The maximum atomic E-state index is 10.9. The molecule has 23 heavy (non-hydrogen) atoms. The molecule has 2 N–H and O–H groups in total. The molecule has 3 rings (SSSR count). The van der Waals surface area contributed by atoms with Crippen LogP contribution in [0, 0.1) is 0 Å². The Balaban J connectivity index is 1.69. The molecule has 1 saturated heterocycles. The van der Waals surface area contributed by atoms with Gasteiger partial charge in [-0.2, -0.15) is 4.98 Å². The molecule has 0 saturated carbocycles. The number of likely N-dealkylation sites (tertiary alicyclic amines) is 1. The van der Waals surface area contributed by atoms with Gasteiger partial charge in [-0.1, -0.05) is 29.8 Å². The van der Waals surface area contributed by atoms with Crippen LogP contribution in [0.3, 0.4) is 0 Å². The number of anilines is 1. The van der Waals surface area contributed by atoms with Gasteiger partial charge in [0.05, 0.1) is 6.20 Å². The number of benzene rings is 1. The third kappa shape index (κ3) is 3.81. The summed E-state index contributed by atoms with van der Waals surface area (Å²) in [7, 11) is 0. The number of rotatable bonds is 4. The molecule has 0 spiro atoms. The topological polar surface area (TPSA) is 87.6 Å². The van der Waals surface area contributed by atoms with Crippen molar-refractivity contribution in [2.24, 2.45) is 0 Å². The van der Waals surface area contributed by atoms with Crippen LogP contribution < -0.4 is 10.1 Å². The maximum absolute atomic E-state index is 10.9. The van der Waals surface area contributed by atoms with Gasteiger partial charge in [0.25, 0.3) is 0 Å². The summed E-state index contributed by atoms with van der Waals surface area (Å²) in [6, 6.07) is 9.15. The molecule has 0 bridgehead atoms. The van der Waals surface area contributed by atoms with Crippen LogP contribution in [0.15, 0.2) is 36.5 Å². The van der Waals surface area contributed by atoms with Crippen LogP contribution >= 0.6 is 11.6 Å². The van der Waals surface area contributed by atoms with Crippen LogP contribution in [0.2, 0.25) is 5.02 Å². The first-order valence-corrected chi connectivity index (χ1v) is 7.49. The summed E-state index contributed by atoms with van der Waals surface area (Å²) in [4.78, 5) is 20.7. The third-order valence-corrected chi connectivity index (χ3v) is 3.72. The molecule has 1 unspecified atom stereocenters. The van der Waals surface area contributed by atoms with Crippen molar-refractivity contribution < 1.29 is 14.6 Å². The van der Waals surface area contributed by atoms with Crippen molar-refractivity contribution in [3.63, 3.8) is 0 Å². The monoisotopic (exact) mass is 334 g/mol. The molecule has 1 aromatic carbocycles. The number of amides is 1. The van der Waals surface area contributed by atoms with E-state index in [1.807, 2.05) is 18.2 Å². The van der Waals surface area contributed by atoms with E-state index < -0.39 is 6.09 Å². The summed E-state index contributed by atoms with van der Waals surface area (Å²) in [5, 5.41) is 12.4. The third-order valence-electron chi connectivity index (χ3n) is 3.46. The van der Waals surface area contributed by atoms with Crippen molar-refractivity contribution in [3.8, 4) is 11.6 Å². The quantitative estimate of drug-likeness (QED) is 0.893. The molecular weight excluding hydrogens is 320 g/mol. The lowest BCUT2D eigenvalue weighted by molar-refractivity contribution is 0.155. The molecule has 1 aliphatic rings. The molecule has 0 radical (unpaired) electrons. The van der Waals surface area contributed by atoms with E-state index >= 15 is 0 Å². The van der Waals surface area contributed by atoms with E-state index in [0.717, 1.165) is 0 Å². The average molecular weight is 335 g/mol. The SMILES string of the molecule is O=C(O)N1CCC(Nc2ncc(Cl)c(Oc3ccccc3)n2)C1.